The van der Waals surface area contributed by atoms with E-state index in [1.165, 1.54) is 5.56 Å². The van der Waals surface area contributed by atoms with Crippen LogP contribution in [0.25, 0.3) is 0 Å². The SMILES string of the molecule is CCc1ccc(C(=O)OC2CCCCO2)cc1. The second-order valence-electron chi connectivity index (χ2n) is 4.25. The summed E-state index contributed by atoms with van der Waals surface area (Å²) in [6, 6.07) is 7.53. The summed E-state index contributed by atoms with van der Waals surface area (Å²) in [7, 11) is 0. The lowest BCUT2D eigenvalue weighted by Gasteiger charge is -2.22. The van der Waals surface area contributed by atoms with Crippen molar-refractivity contribution in [3.63, 3.8) is 0 Å². The molecule has 1 aliphatic rings. The lowest BCUT2D eigenvalue weighted by atomic mass is 10.1. The maximum absolute atomic E-state index is 11.8. The van der Waals surface area contributed by atoms with E-state index in [-0.39, 0.29) is 12.3 Å². The minimum atomic E-state index is -0.359. The summed E-state index contributed by atoms with van der Waals surface area (Å²) in [6.45, 7) is 2.77. The number of benzene rings is 1. The highest BCUT2D eigenvalue weighted by Gasteiger charge is 2.18. The van der Waals surface area contributed by atoms with E-state index in [4.69, 9.17) is 9.47 Å². The molecule has 1 aliphatic heterocycles. The van der Waals surface area contributed by atoms with Gasteiger partial charge in [0.15, 0.2) is 0 Å². The summed E-state index contributed by atoms with van der Waals surface area (Å²) in [5.74, 6) is -0.292. The summed E-state index contributed by atoms with van der Waals surface area (Å²) in [5, 5.41) is 0. The van der Waals surface area contributed by atoms with E-state index < -0.39 is 0 Å². The first-order valence-corrected chi connectivity index (χ1v) is 6.21. The molecule has 0 aromatic heterocycles. The predicted molar refractivity (Wildman–Crippen MR) is 64.8 cm³/mol. The van der Waals surface area contributed by atoms with E-state index >= 15 is 0 Å². The Balaban J connectivity index is 1.93. The maximum Gasteiger partial charge on any atom is 0.340 e. The van der Waals surface area contributed by atoms with Crippen molar-refractivity contribution in [3.05, 3.63) is 35.4 Å². The van der Waals surface area contributed by atoms with Crippen LogP contribution in [-0.4, -0.2) is 18.9 Å². The van der Waals surface area contributed by atoms with Gasteiger partial charge in [-0.15, -0.1) is 0 Å². The standard InChI is InChI=1S/C14H18O3/c1-2-11-6-8-12(9-7-11)14(15)17-13-5-3-4-10-16-13/h6-9,13H,2-5,10H2,1H3. The van der Waals surface area contributed by atoms with Gasteiger partial charge in [0.05, 0.1) is 12.2 Å². The highest BCUT2D eigenvalue weighted by molar-refractivity contribution is 5.89. The molecule has 3 heteroatoms. The third kappa shape index (κ3) is 3.30. The van der Waals surface area contributed by atoms with Crippen LogP contribution in [0, 0.1) is 0 Å². The normalized spacial score (nSPS) is 19.9. The second kappa shape index (κ2) is 5.82. The summed E-state index contributed by atoms with van der Waals surface area (Å²) in [4.78, 5) is 11.8. The number of aryl methyl sites for hydroxylation is 1. The van der Waals surface area contributed by atoms with Gasteiger partial charge in [0.2, 0.25) is 6.29 Å². The van der Waals surface area contributed by atoms with Gasteiger partial charge in [-0.25, -0.2) is 4.79 Å². The number of hydrogen-bond donors (Lipinski definition) is 0. The molecule has 2 rings (SSSR count). The molecule has 0 saturated carbocycles. The van der Waals surface area contributed by atoms with Crippen molar-refractivity contribution in [3.8, 4) is 0 Å². The van der Waals surface area contributed by atoms with Crippen LogP contribution in [0.4, 0.5) is 0 Å². The molecule has 17 heavy (non-hydrogen) atoms. The van der Waals surface area contributed by atoms with Gasteiger partial charge in [0.1, 0.15) is 0 Å². The van der Waals surface area contributed by atoms with Crippen LogP contribution in [0.2, 0.25) is 0 Å². The van der Waals surface area contributed by atoms with Gasteiger partial charge < -0.3 is 9.47 Å². The van der Waals surface area contributed by atoms with Crippen LogP contribution in [0.1, 0.15) is 42.1 Å². The van der Waals surface area contributed by atoms with E-state index in [1.807, 2.05) is 24.3 Å². The Morgan fingerprint density at radius 1 is 1.35 bits per heavy atom. The molecule has 0 aliphatic carbocycles. The highest BCUT2D eigenvalue weighted by atomic mass is 16.7. The molecule has 1 atom stereocenters. The Morgan fingerprint density at radius 3 is 2.71 bits per heavy atom. The molecule has 1 heterocycles. The summed E-state index contributed by atoms with van der Waals surface area (Å²) in [5.41, 5.74) is 1.81. The van der Waals surface area contributed by atoms with E-state index in [1.54, 1.807) is 0 Å². The molecule has 92 valence electrons. The van der Waals surface area contributed by atoms with Gasteiger partial charge in [0, 0.05) is 6.42 Å². The molecule has 3 nitrogen and oxygen atoms in total. The van der Waals surface area contributed by atoms with Crippen molar-refractivity contribution in [1.29, 1.82) is 0 Å². The van der Waals surface area contributed by atoms with Crippen LogP contribution in [-0.2, 0) is 15.9 Å². The van der Waals surface area contributed by atoms with Crippen LogP contribution in [0.3, 0.4) is 0 Å². The first-order valence-electron chi connectivity index (χ1n) is 6.21. The average molecular weight is 234 g/mol. The van der Waals surface area contributed by atoms with Crippen LogP contribution < -0.4 is 0 Å². The zero-order valence-corrected chi connectivity index (χ0v) is 10.1. The van der Waals surface area contributed by atoms with Gasteiger partial charge in [-0.05, 0) is 37.0 Å². The Hall–Kier alpha value is -1.35. The third-order valence-corrected chi connectivity index (χ3v) is 2.97. The van der Waals surface area contributed by atoms with Crippen molar-refractivity contribution in [2.45, 2.75) is 38.9 Å². The van der Waals surface area contributed by atoms with Gasteiger partial charge in [-0.3, -0.25) is 0 Å². The minimum absolute atomic E-state index is 0.292. The van der Waals surface area contributed by atoms with Gasteiger partial charge in [0.25, 0.3) is 0 Å². The first kappa shape index (κ1) is 12.1. The Bertz CT molecular complexity index is 364. The molecule has 1 unspecified atom stereocenters. The van der Waals surface area contributed by atoms with Gasteiger partial charge >= 0.3 is 5.97 Å². The van der Waals surface area contributed by atoms with Crippen LogP contribution >= 0.6 is 0 Å². The fraction of sp³-hybridized carbons (Fsp3) is 0.500. The monoisotopic (exact) mass is 234 g/mol. The highest BCUT2D eigenvalue weighted by Crippen LogP contribution is 2.16. The van der Waals surface area contributed by atoms with Crippen molar-refractivity contribution < 1.29 is 14.3 Å². The molecule has 1 aromatic rings. The molecule has 1 fully saturated rings. The molecule has 0 spiro atoms. The number of esters is 1. The third-order valence-electron chi connectivity index (χ3n) is 2.97. The zero-order valence-electron chi connectivity index (χ0n) is 10.1. The van der Waals surface area contributed by atoms with Gasteiger partial charge in [-0.2, -0.15) is 0 Å². The molecular weight excluding hydrogens is 216 g/mol. The number of hydrogen-bond acceptors (Lipinski definition) is 3. The van der Waals surface area contributed by atoms with E-state index in [0.29, 0.717) is 12.2 Å². The molecule has 0 bridgehead atoms. The number of rotatable bonds is 3. The predicted octanol–water partition coefficient (Wildman–Crippen LogP) is 2.93. The fourth-order valence-electron chi connectivity index (χ4n) is 1.87. The van der Waals surface area contributed by atoms with E-state index in [2.05, 4.69) is 6.92 Å². The first-order chi connectivity index (χ1) is 8.29. The molecule has 0 amide bonds. The Morgan fingerprint density at radius 2 is 2.12 bits per heavy atom. The summed E-state index contributed by atoms with van der Waals surface area (Å²) < 4.78 is 10.7. The van der Waals surface area contributed by atoms with Crippen molar-refractivity contribution in [1.82, 2.24) is 0 Å². The largest absolute Gasteiger partial charge is 0.432 e. The van der Waals surface area contributed by atoms with Crippen LogP contribution in [0.5, 0.6) is 0 Å². The van der Waals surface area contributed by atoms with E-state index in [0.717, 1.165) is 25.7 Å². The average Bonchev–Trinajstić information content (AvgIpc) is 2.40. The fourth-order valence-corrected chi connectivity index (χ4v) is 1.87. The summed E-state index contributed by atoms with van der Waals surface area (Å²) >= 11 is 0. The molecule has 0 radical (unpaired) electrons. The maximum atomic E-state index is 11.8. The quantitative estimate of drug-likeness (QED) is 0.754. The van der Waals surface area contributed by atoms with Crippen LogP contribution in [0.15, 0.2) is 24.3 Å². The molecule has 1 aromatic carbocycles. The minimum Gasteiger partial charge on any atom is -0.432 e. The number of carbonyl (C=O) groups excluding carboxylic acids is 1. The zero-order chi connectivity index (χ0) is 12.1. The molecule has 1 saturated heterocycles. The van der Waals surface area contributed by atoms with Crippen molar-refractivity contribution in [2.24, 2.45) is 0 Å². The summed E-state index contributed by atoms with van der Waals surface area (Å²) in [6.07, 6.45) is 3.54. The lowest BCUT2D eigenvalue weighted by molar-refractivity contribution is -0.130. The number of carbonyl (C=O) groups is 1. The second-order valence-corrected chi connectivity index (χ2v) is 4.25. The molecule has 0 N–H and O–H groups in total. The smallest absolute Gasteiger partial charge is 0.340 e. The van der Waals surface area contributed by atoms with Crippen molar-refractivity contribution in [2.75, 3.05) is 6.61 Å². The topological polar surface area (TPSA) is 35.5 Å². The Labute approximate surface area is 102 Å². The number of ether oxygens (including phenoxy) is 2. The molecular formula is C14H18O3. The Kier molecular flexibility index (Phi) is 4.15. The van der Waals surface area contributed by atoms with Gasteiger partial charge in [-0.1, -0.05) is 19.1 Å². The van der Waals surface area contributed by atoms with E-state index in [9.17, 15) is 4.79 Å². The van der Waals surface area contributed by atoms with Crippen molar-refractivity contribution >= 4 is 5.97 Å². The lowest BCUT2D eigenvalue weighted by Crippen LogP contribution is -2.25.